The molecule has 0 aliphatic carbocycles. The predicted octanol–water partition coefficient (Wildman–Crippen LogP) is 1.94. The maximum absolute atomic E-state index is 12.4. The van der Waals surface area contributed by atoms with Crippen LogP contribution in [0.3, 0.4) is 0 Å². The molecule has 0 aromatic carbocycles. The Bertz CT molecular complexity index is 757. The summed E-state index contributed by atoms with van der Waals surface area (Å²) >= 11 is 0. The van der Waals surface area contributed by atoms with Gasteiger partial charge in [-0.15, -0.1) is 0 Å². The topological polar surface area (TPSA) is 85.6 Å². The lowest BCUT2D eigenvalue weighted by Crippen LogP contribution is -2.54. The fourth-order valence-corrected chi connectivity index (χ4v) is 4.57. The second-order valence-corrected chi connectivity index (χ2v) is 7.98. The molecule has 1 spiro atoms. The number of aliphatic hydroxyl groups excluding tert-OH is 1. The number of rotatable bonds is 6. The van der Waals surface area contributed by atoms with Crippen LogP contribution in [-0.2, 0) is 24.4 Å². The molecule has 7 heteroatoms. The monoisotopic (exact) mass is 372 g/mol. The van der Waals surface area contributed by atoms with Crippen LogP contribution in [0, 0.1) is 5.41 Å². The van der Waals surface area contributed by atoms with Gasteiger partial charge < -0.3 is 19.4 Å². The number of hydrogen-bond donors (Lipinski definition) is 2. The molecule has 0 bridgehead atoms. The summed E-state index contributed by atoms with van der Waals surface area (Å²) in [6.45, 7) is 4.35. The number of aromatic nitrogens is 2. The molecule has 0 saturated carbocycles. The molecule has 7 nitrogen and oxygen atoms in total. The minimum absolute atomic E-state index is 0.0582. The Balaban J connectivity index is 1.38. The average molecular weight is 372 g/mol. The molecule has 0 radical (unpaired) electrons. The van der Waals surface area contributed by atoms with Crippen molar-refractivity contribution in [3.63, 3.8) is 0 Å². The first-order chi connectivity index (χ1) is 13.2. The Morgan fingerprint density at radius 1 is 1.26 bits per heavy atom. The lowest BCUT2D eigenvalue weighted by atomic mass is 9.73. The maximum atomic E-state index is 12.4. The van der Waals surface area contributed by atoms with Crippen molar-refractivity contribution in [2.75, 3.05) is 26.2 Å². The second kappa shape index (κ2) is 7.86. The largest absolute Gasteiger partial charge is 0.462 e. The summed E-state index contributed by atoms with van der Waals surface area (Å²) in [5.41, 5.74) is 1.26. The molecule has 1 amide bonds. The fourth-order valence-electron chi connectivity index (χ4n) is 4.57. The number of furan rings is 1. The number of aromatic amines is 1. The molecule has 2 fully saturated rings. The number of aliphatic hydroxyl groups is 1. The zero-order valence-corrected chi connectivity index (χ0v) is 15.7. The molecular formula is C20H28N4O3. The third-order valence-electron chi connectivity index (χ3n) is 5.95. The summed E-state index contributed by atoms with van der Waals surface area (Å²) in [4.78, 5) is 24.1. The number of carbonyl (C=O) groups is 1. The number of hydrogen-bond acceptors (Lipinski definition) is 5. The maximum Gasteiger partial charge on any atom is 0.222 e. The van der Waals surface area contributed by atoms with Gasteiger partial charge in [0.1, 0.15) is 18.1 Å². The molecule has 2 aliphatic rings. The van der Waals surface area contributed by atoms with Gasteiger partial charge in [0, 0.05) is 49.8 Å². The van der Waals surface area contributed by atoms with E-state index in [1.807, 2.05) is 23.2 Å². The van der Waals surface area contributed by atoms with E-state index >= 15 is 0 Å². The minimum Gasteiger partial charge on any atom is -0.462 e. The van der Waals surface area contributed by atoms with E-state index in [1.54, 1.807) is 6.33 Å². The number of piperidine rings is 2. The highest BCUT2D eigenvalue weighted by Crippen LogP contribution is 2.39. The highest BCUT2D eigenvalue weighted by Gasteiger charge is 2.41. The number of imidazole rings is 1. The fraction of sp³-hybridized carbons (Fsp3) is 0.600. The van der Waals surface area contributed by atoms with E-state index in [2.05, 4.69) is 14.9 Å². The molecule has 2 aromatic heterocycles. The predicted molar refractivity (Wildman–Crippen MR) is 99.7 cm³/mol. The zero-order chi connectivity index (χ0) is 18.7. The number of nitrogens with one attached hydrogen (secondary N) is 1. The summed E-state index contributed by atoms with van der Waals surface area (Å²) < 4.78 is 5.66. The molecule has 2 N–H and O–H groups in total. The molecule has 4 rings (SSSR count). The van der Waals surface area contributed by atoms with Crippen molar-refractivity contribution in [1.82, 2.24) is 19.8 Å². The van der Waals surface area contributed by atoms with Gasteiger partial charge in [-0.2, -0.15) is 0 Å². The smallest absolute Gasteiger partial charge is 0.222 e. The third kappa shape index (κ3) is 4.25. The van der Waals surface area contributed by atoms with E-state index in [1.165, 1.54) is 6.42 Å². The molecular weight excluding hydrogens is 344 g/mol. The van der Waals surface area contributed by atoms with E-state index in [9.17, 15) is 9.90 Å². The number of nitrogens with zero attached hydrogens (tertiary/aromatic N) is 3. The zero-order valence-electron chi connectivity index (χ0n) is 15.7. The number of amides is 1. The van der Waals surface area contributed by atoms with E-state index in [0.717, 1.165) is 63.4 Å². The van der Waals surface area contributed by atoms with Crippen LogP contribution < -0.4 is 0 Å². The second-order valence-electron chi connectivity index (χ2n) is 7.98. The van der Waals surface area contributed by atoms with Gasteiger partial charge in [0.05, 0.1) is 12.9 Å². The first kappa shape index (κ1) is 18.3. The lowest BCUT2D eigenvalue weighted by Gasteiger charge is -2.48. The van der Waals surface area contributed by atoms with Crippen LogP contribution >= 0.6 is 0 Å². The van der Waals surface area contributed by atoms with Gasteiger partial charge in [0.15, 0.2) is 0 Å². The summed E-state index contributed by atoms with van der Waals surface area (Å²) in [7, 11) is 0. The molecule has 2 aliphatic heterocycles. The van der Waals surface area contributed by atoms with Crippen molar-refractivity contribution >= 4 is 5.91 Å². The first-order valence-electron chi connectivity index (χ1n) is 9.82. The van der Waals surface area contributed by atoms with Crippen molar-refractivity contribution in [2.45, 2.75) is 45.3 Å². The van der Waals surface area contributed by atoms with Crippen LogP contribution in [0.4, 0.5) is 0 Å². The van der Waals surface area contributed by atoms with E-state index in [-0.39, 0.29) is 17.9 Å². The van der Waals surface area contributed by atoms with Crippen LogP contribution in [0.25, 0.3) is 0 Å². The summed E-state index contributed by atoms with van der Waals surface area (Å²) in [6, 6.07) is 3.79. The van der Waals surface area contributed by atoms with Crippen molar-refractivity contribution in [3.8, 4) is 0 Å². The van der Waals surface area contributed by atoms with Crippen molar-refractivity contribution in [3.05, 3.63) is 41.9 Å². The molecule has 1 atom stereocenters. The standard InChI is InChI=1S/C20H28N4O3/c25-12-18-3-2-17(27-18)11-23-8-1-6-20(13-23)7-4-19(26)24(14-20)9-5-16-10-21-15-22-16/h2-3,10,15,25H,1,4-9,11-14H2,(H,21,22)/t20-/m0/s1. The molecule has 27 heavy (non-hydrogen) atoms. The van der Waals surface area contributed by atoms with E-state index in [4.69, 9.17) is 4.42 Å². The Labute approximate surface area is 159 Å². The summed E-state index contributed by atoms with van der Waals surface area (Å²) in [5, 5.41) is 9.18. The Morgan fingerprint density at radius 3 is 2.93 bits per heavy atom. The summed E-state index contributed by atoms with van der Waals surface area (Å²) in [5.74, 6) is 1.79. The molecule has 2 aromatic rings. The van der Waals surface area contributed by atoms with Crippen LogP contribution in [0.1, 0.15) is 42.9 Å². The van der Waals surface area contributed by atoms with E-state index in [0.29, 0.717) is 12.2 Å². The molecule has 146 valence electrons. The van der Waals surface area contributed by atoms with Gasteiger partial charge in [0.25, 0.3) is 0 Å². The molecule has 4 heterocycles. The normalized spacial score (nSPS) is 24.0. The highest BCUT2D eigenvalue weighted by molar-refractivity contribution is 5.77. The summed E-state index contributed by atoms with van der Waals surface area (Å²) in [6.07, 6.45) is 8.28. The SMILES string of the molecule is O=C1CC[C@]2(CCCN(Cc3ccc(CO)o3)C2)CN1CCc1cnc[nH]1. The van der Waals surface area contributed by atoms with Gasteiger partial charge in [0.2, 0.25) is 5.91 Å². The van der Waals surface area contributed by atoms with Gasteiger partial charge in [-0.3, -0.25) is 9.69 Å². The van der Waals surface area contributed by atoms with Gasteiger partial charge >= 0.3 is 0 Å². The van der Waals surface area contributed by atoms with Crippen LogP contribution in [0.5, 0.6) is 0 Å². The molecule has 2 saturated heterocycles. The van der Waals surface area contributed by atoms with Crippen LogP contribution in [0.15, 0.2) is 29.1 Å². The van der Waals surface area contributed by atoms with Gasteiger partial charge in [-0.05, 0) is 37.9 Å². The van der Waals surface area contributed by atoms with Crippen molar-refractivity contribution in [2.24, 2.45) is 5.41 Å². The van der Waals surface area contributed by atoms with Crippen LogP contribution in [-0.4, -0.2) is 57.0 Å². The van der Waals surface area contributed by atoms with E-state index < -0.39 is 0 Å². The molecule has 0 unspecified atom stereocenters. The number of H-pyrrole nitrogens is 1. The lowest BCUT2D eigenvalue weighted by molar-refractivity contribution is -0.139. The minimum atomic E-state index is -0.0582. The number of carbonyl (C=O) groups excluding carboxylic acids is 1. The van der Waals surface area contributed by atoms with Gasteiger partial charge in [-0.1, -0.05) is 0 Å². The number of likely N-dealkylation sites (tertiary alicyclic amines) is 2. The Morgan fingerprint density at radius 2 is 2.15 bits per heavy atom. The van der Waals surface area contributed by atoms with Gasteiger partial charge in [-0.25, -0.2) is 4.98 Å². The average Bonchev–Trinajstić information content (AvgIpc) is 3.35. The van der Waals surface area contributed by atoms with Crippen LogP contribution in [0.2, 0.25) is 0 Å². The first-order valence-corrected chi connectivity index (χ1v) is 9.82. The van der Waals surface area contributed by atoms with Crippen molar-refractivity contribution in [1.29, 1.82) is 0 Å². The Kier molecular flexibility index (Phi) is 5.31. The highest BCUT2D eigenvalue weighted by atomic mass is 16.4. The van der Waals surface area contributed by atoms with Crippen molar-refractivity contribution < 1.29 is 14.3 Å². The Hall–Kier alpha value is -2.12. The quantitative estimate of drug-likeness (QED) is 0.809. The third-order valence-corrected chi connectivity index (χ3v) is 5.95.